The summed E-state index contributed by atoms with van der Waals surface area (Å²) in [6.45, 7) is 9.19. The number of carbonyl (C=O) groups is 1. The third-order valence-corrected chi connectivity index (χ3v) is 8.47. The monoisotopic (exact) mass is 357 g/mol. The van der Waals surface area contributed by atoms with Gasteiger partial charge in [-0.2, -0.15) is 0 Å². The van der Waals surface area contributed by atoms with Gasteiger partial charge in [0.05, 0.1) is 12.1 Å². The van der Waals surface area contributed by atoms with Crippen LogP contribution in [0.15, 0.2) is 23.8 Å². The topological polar surface area (TPSA) is 40.5 Å². The molecule has 0 spiro atoms. The fraction of sp³-hybridized carbons (Fsp3) is 0.783. The molecule has 3 heteroatoms. The van der Waals surface area contributed by atoms with E-state index in [1.165, 1.54) is 12.0 Å². The lowest BCUT2D eigenvalue weighted by atomic mass is 9.47. The van der Waals surface area contributed by atoms with Gasteiger partial charge >= 0.3 is 0 Å². The molecular formula is C23H35NO2. The van der Waals surface area contributed by atoms with Crippen LogP contribution in [0.4, 0.5) is 0 Å². The molecule has 0 aromatic carbocycles. The van der Waals surface area contributed by atoms with E-state index in [1.54, 1.807) is 0 Å². The van der Waals surface area contributed by atoms with Gasteiger partial charge in [-0.3, -0.25) is 4.79 Å². The molecule has 3 saturated carbocycles. The molecule has 4 aliphatic rings. The van der Waals surface area contributed by atoms with Crippen LogP contribution in [-0.2, 0) is 4.79 Å². The second-order valence-electron chi connectivity index (χ2n) is 10.3. The van der Waals surface area contributed by atoms with Crippen LogP contribution in [0.2, 0.25) is 0 Å². The van der Waals surface area contributed by atoms with E-state index in [0.717, 1.165) is 25.7 Å². The first-order valence-electron chi connectivity index (χ1n) is 10.5. The van der Waals surface area contributed by atoms with Gasteiger partial charge in [-0.05, 0) is 67.3 Å². The summed E-state index contributed by atoms with van der Waals surface area (Å²) in [5, 5.41) is 10.7. The minimum Gasteiger partial charge on any atom is -0.393 e. The SMILES string of the molecule is CC(C)C=C1C[C@@H]2[C@H](CC[C@]3(C)[C@@H](O)CC[C@@H]23)[C@@]2(C)C=CC(=O)N(C)[C@H]12. The molecule has 3 fully saturated rings. The highest BCUT2D eigenvalue weighted by atomic mass is 16.3. The zero-order valence-corrected chi connectivity index (χ0v) is 17.0. The molecule has 144 valence electrons. The number of amides is 1. The van der Waals surface area contributed by atoms with E-state index in [0.29, 0.717) is 23.7 Å². The minimum absolute atomic E-state index is 0.0151. The molecule has 3 nitrogen and oxygen atoms in total. The van der Waals surface area contributed by atoms with E-state index >= 15 is 0 Å². The number of fused-ring (bicyclic) bond motifs is 5. The summed E-state index contributed by atoms with van der Waals surface area (Å²) in [6, 6.07) is 0.194. The van der Waals surface area contributed by atoms with Gasteiger partial charge in [0, 0.05) is 12.5 Å². The van der Waals surface area contributed by atoms with Crippen LogP contribution in [0.3, 0.4) is 0 Å². The largest absolute Gasteiger partial charge is 0.393 e. The van der Waals surface area contributed by atoms with Crippen molar-refractivity contribution in [2.45, 2.75) is 71.9 Å². The molecule has 1 N–H and O–H groups in total. The number of nitrogens with zero attached hydrogens (tertiary/aromatic N) is 1. The molecular weight excluding hydrogens is 322 g/mol. The van der Waals surface area contributed by atoms with Gasteiger partial charge in [-0.15, -0.1) is 0 Å². The van der Waals surface area contributed by atoms with Crippen molar-refractivity contribution in [1.82, 2.24) is 4.90 Å². The third-order valence-electron chi connectivity index (χ3n) is 8.47. The lowest BCUT2D eigenvalue weighted by Gasteiger charge is -2.60. The molecule has 0 bridgehead atoms. The highest BCUT2D eigenvalue weighted by molar-refractivity contribution is 5.89. The number of rotatable bonds is 1. The lowest BCUT2D eigenvalue weighted by molar-refractivity contribution is -0.135. The summed E-state index contributed by atoms with van der Waals surface area (Å²) in [7, 11) is 1.98. The number of aliphatic hydroxyl groups is 1. The molecule has 4 rings (SSSR count). The summed E-state index contributed by atoms with van der Waals surface area (Å²) in [5.74, 6) is 2.47. The maximum absolute atomic E-state index is 12.4. The zero-order valence-electron chi connectivity index (χ0n) is 17.0. The van der Waals surface area contributed by atoms with Crippen molar-refractivity contribution >= 4 is 5.91 Å². The highest BCUT2D eigenvalue weighted by Crippen LogP contribution is 2.64. The Hall–Kier alpha value is -1.09. The van der Waals surface area contributed by atoms with Crippen LogP contribution < -0.4 is 0 Å². The molecule has 7 atom stereocenters. The molecule has 0 saturated heterocycles. The summed E-state index contributed by atoms with van der Waals surface area (Å²) >= 11 is 0. The summed E-state index contributed by atoms with van der Waals surface area (Å²) in [6.07, 6.45) is 11.8. The van der Waals surface area contributed by atoms with Crippen molar-refractivity contribution in [3.8, 4) is 0 Å². The van der Waals surface area contributed by atoms with Crippen molar-refractivity contribution < 1.29 is 9.90 Å². The van der Waals surface area contributed by atoms with Gasteiger partial charge in [-0.25, -0.2) is 0 Å². The van der Waals surface area contributed by atoms with Crippen molar-refractivity contribution in [2.24, 2.45) is 34.5 Å². The number of allylic oxidation sites excluding steroid dienone is 1. The van der Waals surface area contributed by atoms with E-state index < -0.39 is 0 Å². The predicted octanol–water partition coefficient (Wildman–Crippen LogP) is 4.18. The third kappa shape index (κ3) is 2.38. The predicted molar refractivity (Wildman–Crippen MR) is 104 cm³/mol. The number of hydrogen-bond donors (Lipinski definition) is 1. The van der Waals surface area contributed by atoms with Crippen molar-refractivity contribution in [1.29, 1.82) is 0 Å². The second-order valence-corrected chi connectivity index (χ2v) is 10.3. The number of likely N-dealkylation sites (N-methyl/N-ethyl adjacent to an activating group) is 1. The van der Waals surface area contributed by atoms with Gasteiger partial charge in [0.1, 0.15) is 0 Å². The Morgan fingerprint density at radius 1 is 1.23 bits per heavy atom. The van der Waals surface area contributed by atoms with Crippen LogP contribution in [0.5, 0.6) is 0 Å². The molecule has 0 aromatic rings. The van der Waals surface area contributed by atoms with Crippen LogP contribution >= 0.6 is 0 Å². The van der Waals surface area contributed by atoms with Gasteiger partial charge in [0.25, 0.3) is 0 Å². The van der Waals surface area contributed by atoms with Crippen LogP contribution in [0.25, 0.3) is 0 Å². The second kappa shape index (κ2) is 5.95. The van der Waals surface area contributed by atoms with Crippen molar-refractivity contribution in [3.05, 3.63) is 23.8 Å². The first-order valence-corrected chi connectivity index (χ1v) is 10.5. The van der Waals surface area contributed by atoms with E-state index in [1.807, 2.05) is 18.0 Å². The molecule has 1 aliphatic heterocycles. The van der Waals surface area contributed by atoms with E-state index in [4.69, 9.17) is 0 Å². The highest BCUT2D eigenvalue weighted by Gasteiger charge is 2.61. The fourth-order valence-corrected chi connectivity index (χ4v) is 7.27. The Morgan fingerprint density at radius 2 is 1.96 bits per heavy atom. The quantitative estimate of drug-likeness (QED) is 0.715. The van der Waals surface area contributed by atoms with Crippen molar-refractivity contribution in [2.75, 3.05) is 7.05 Å². The van der Waals surface area contributed by atoms with Crippen molar-refractivity contribution in [3.63, 3.8) is 0 Å². The number of carbonyl (C=O) groups excluding carboxylic acids is 1. The Kier molecular flexibility index (Phi) is 4.19. The zero-order chi connectivity index (χ0) is 18.9. The average Bonchev–Trinajstić information content (AvgIpc) is 2.86. The summed E-state index contributed by atoms with van der Waals surface area (Å²) < 4.78 is 0. The molecule has 0 aromatic heterocycles. The Bertz CT molecular complexity index is 665. The maximum atomic E-state index is 12.4. The molecule has 0 radical (unpaired) electrons. The van der Waals surface area contributed by atoms with E-state index in [-0.39, 0.29) is 28.9 Å². The van der Waals surface area contributed by atoms with Gasteiger partial charge in [0.2, 0.25) is 5.91 Å². The lowest BCUT2D eigenvalue weighted by Crippen LogP contribution is -2.60. The molecule has 1 amide bonds. The molecule has 0 unspecified atom stereocenters. The molecule has 26 heavy (non-hydrogen) atoms. The fourth-order valence-electron chi connectivity index (χ4n) is 7.27. The van der Waals surface area contributed by atoms with Gasteiger partial charge in [0.15, 0.2) is 0 Å². The standard InChI is InChI=1S/C23H35NO2/c1-14(2)12-15-13-16-17-6-7-19(25)22(17,3)10-8-18(16)23(4)11-9-20(26)24(5)21(15)23/h9,11-12,14,16-19,21,25H,6-8,10,13H2,1-5H3/t16-,17-,18-,19-,21+,22-,23+/m0/s1. The summed E-state index contributed by atoms with van der Waals surface area (Å²) in [4.78, 5) is 14.4. The minimum atomic E-state index is -0.136. The first-order chi connectivity index (χ1) is 12.2. The Morgan fingerprint density at radius 3 is 2.65 bits per heavy atom. The molecule has 1 heterocycles. The van der Waals surface area contributed by atoms with E-state index in [2.05, 4.69) is 39.8 Å². The van der Waals surface area contributed by atoms with Gasteiger partial charge < -0.3 is 10.0 Å². The Balaban J connectivity index is 1.80. The molecule has 3 aliphatic carbocycles. The normalized spacial score (nSPS) is 49.3. The van der Waals surface area contributed by atoms with Crippen LogP contribution in [0, 0.1) is 34.5 Å². The number of hydrogen-bond acceptors (Lipinski definition) is 2. The number of aliphatic hydroxyl groups excluding tert-OH is 1. The maximum Gasteiger partial charge on any atom is 0.246 e. The smallest absolute Gasteiger partial charge is 0.246 e. The average molecular weight is 358 g/mol. The van der Waals surface area contributed by atoms with Gasteiger partial charge in [-0.1, -0.05) is 45.4 Å². The van der Waals surface area contributed by atoms with Crippen LogP contribution in [-0.4, -0.2) is 35.1 Å². The van der Waals surface area contributed by atoms with Crippen LogP contribution in [0.1, 0.15) is 59.8 Å². The van der Waals surface area contributed by atoms with E-state index in [9.17, 15) is 9.90 Å². The first kappa shape index (κ1) is 18.3. The Labute approximate surface area is 158 Å². The summed E-state index contributed by atoms with van der Waals surface area (Å²) in [5.41, 5.74) is 1.56.